The average molecular weight is 341 g/mol. The van der Waals surface area contributed by atoms with Crippen LogP contribution in [0.1, 0.15) is 11.3 Å². The normalized spacial score (nSPS) is 10.5. The van der Waals surface area contributed by atoms with Gasteiger partial charge in [-0.3, -0.25) is 4.79 Å². The van der Waals surface area contributed by atoms with Gasteiger partial charge in [0.05, 0.1) is 13.5 Å². The highest BCUT2D eigenvalue weighted by molar-refractivity contribution is 5.72. The number of esters is 1. The zero-order valence-electron chi connectivity index (χ0n) is 13.6. The lowest BCUT2D eigenvalue weighted by Gasteiger charge is -2.04. The third kappa shape index (κ3) is 4.44. The van der Waals surface area contributed by atoms with Gasteiger partial charge in [0.1, 0.15) is 23.9 Å². The summed E-state index contributed by atoms with van der Waals surface area (Å²) < 4.78 is 28.4. The molecule has 0 aliphatic heterocycles. The molecule has 3 rings (SSSR count). The number of hydrogen-bond donors (Lipinski definition) is 0. The summed E-state index contributed by atoms with van der Waals surface area (Å²) in [4.78, 5) is 11.9. The van der Waals surface area contributed by atoms with E-state index in [0.717, 1.165) is 11.3 Å². The molecule has 5 nitrogen and oxygen atoms in total. The van der Waals surface area contributed by atoms with Crippen molar-refractivity contribution in [3.8, 4) is 17.1 Å². The van der Waals surface area contributed by atoms with Crippen LogP contribution in [-0.4, -0.2) is 18.2 Å². The maximum absolute atomic E-state index is 12.9. The highest BCUT2D eigenvalue weighted by Crippen LogP contribution is 2.21. The number of aromatic nitrogens is 1. The monoisotopic (exact) mass is 341 g/mol. The molecule has 0 aliphatic carbocycles. The molecule has 1 heterocycles. The second kappa shape index (κ2) is 7.61. The van der Waals surface area contributed by atoms with Gasteiger partial charge >= 0.3 is 5.97 Å². The topological polar surface area (TPSA) is 61.6 Å². The van der Waals surface area contributed by atoms with E-state index in [4.69, 9.17) is 14.0 Å². The van der Waals surface area contributed by atoms with Crippen LogP contribution in [-0.2, 0) is 22.6 Å². The molecular formula is C19H16FNO4. The van der Waals surface area contributed by atoms with Crippen molar-refractivity contribution < 1.29 is 23.2 Å². The van der Waals surface area contributed by atoms with Gasteiger partial charge in [0.2, 0.25) is 0 Å². The first-order chi connectivity index (χ1) is 12.1. The Morgan fingerprint density at radius 2 is 1.84 bits per heavy atom. The van der Waals surface area contributed by atoms with Gasteiger partial charge in [0, 0.05) is 11.6 Å². The minimum absolute atomic E-state index is 0.0136. The van der Waals surface area contributed by atoms with E-state index in [1.54, 1.807) is 37.4 Å². The maximum atomic E-state index is 12.9. The number of rotatable bonds is 6. The maximum Gasteiger partial charge on any atom is 0.310 e. The molecule has 128 valence electrons. The largest absolute Gasteiger partial charge is 0.497 e. The molecule has 0 unspecified atom stereocenters. The Labute approximate surface area is 144 Å². The van der Waals surface area contributed by atoms with Crippen molar-refractivity contribution in [1.29, 1.82) is 0 Å². The molecule has 0 saturated carbocycles. The summed E-state index contributed by atoms with van der Waals surface area (Å²) in [6, 6.07) is 14.7. The van der Waals surface area contributed by atoms with Crippen LogP contribution in [0.25, 0.3) is 11.3 Å². The Kier molecular flexibility index (Phi) is 5.09. The molecule has 0 aliphatic rings. The zero-order chi connectivity index (χ0) is 17.6. The summed E-state index contributed by atoms with van der Waals surface area (Å²) in [7, 11) is 1.58. The number of benzene rings is 2. The first kappa shape index (κ1) is 16.7. The van der Waals surface area contributed by atoms with E-state index in [1.807, 2.05) is 12.1 Å². The number of carbonyl (C=O) groups excluding carboxylic acids is 1. The Morgan fingerprint density at radius 1 is 1.12 bits per heavy atom. The third-order valence-electron chi connectivity index (χ3n) is 3.58. The molecule has 25 heavy (non-hydrogen) atoms. The lowest BCUT2D eigenvalue weighted by atomic mass is 10.1. The van der Waals surface area contributed by atoms with Crippen molar-refractivity contribution in [1.82, 2.24) is 5.16 Å². The molecule has 0 bridgehead atoms. The van der Waals surface area contributed by atoms with E-state index < -0.39 is 0 Å². The number of nitrogens with zero attached hydrogens (tertiary/aromatic N) is 1. The van der Waals surface area contributed by atoms with E-state index in [9.17, 15) is 9.18 Å². The van der Waals surface area contributed by atoms with Gasteiger partial charge in [0.25, 0.3) is 0 Å². The average Bonchev–Trinajstić information content (AvgIpc) is 3.10. The molecule has 0 spiro atoms. The second-order valence-electron chi connectivity index (χ2n) is 5.37. The highest BCUT2D eigenvalue weighted by atomic mass is 19.1. The van der Waals surface area contributed by atoms with Gasteiger partial charge < -0.3 is 14.0 Å². The summed E-state index contributed by atoms with van der Waals surface area (Å²) in [5, 5.41) is 3.85. The van der Waals surface area contributed by atoms with Crippen LogP contribution < -0.4 is 4.74 Å². The molecule has 0 radical (unpaired) electrons. The first-order valence-electron chi connectivity index (χ1n) is 7.64. The minimum atomic E-state index is -0.364. The van der Waals surface area contributed by atoms with Gasteiger partial charge in [0.15, 0.2) is 5.76 Å². The van der Waals surface area contributed by atoms with Crippen molar-refractivity contribution in [3.63, 3.8) is 0 Å². The predicted octanol–water partition coefficient (Wildman–Crippen LogP) is 3.78. The molecule has 0 saturated heterocycles. The Hall–Kier alpha value is -3.15. The van der Waals surface area contributed by atoms with Crippen LogP contribution >= 0.6 is 0 Å². The van der Waals surface area contributed by atoms with Crippen LogP contribution in [0, 0.1) is 5.82 Å². The van der Waals surface area contributed by atoms with Crippen LogP contribution in [0.15, 0.2) is 59.1 Å². The van der Waals surface area contributed by atoms with Crippen molar-refractivity contribution in [2.75, 3.05) is 7.11 Å². The second-order valence-corrected chi connectivity index (χ2v) is 5.37. The molecule has 0 atom stereocenters. The van der Waals surface area contributed by atoms with Crippen molar-refractivity contribution in [2.24, 2.45) is 0 Å². The number of halogens is 1. The molecule has 1 aromatic heterocycles. The number of hydrogen-bond acceptors (Lipinski definition) is 5. The summed E-state index contributed by atoms with van der Waals surface area (Å²) >= 11 is 0. The van der Waals surface area contributed by atoms with E-state index in [-0.39, 0.29) is 24.8 Å². The Morgan fingerprint density at radius 3 is 2.52 bits per heavy atom. The lowest BCUT2D eigenvalue weighted by Crippen LogP contribution is -2.08. The Bertz CT molecular complexity index is 841. The van der Waals surface area contributed by atoms with E-state index in [0.29, 0.717) is 17.0 Å². The van der Waals surface area contributed by atoms with Crippen LogP contribution in [0.2, 0.25) is 0 Å². The molecule has 2 aromatic carbocycles. The molecule has 0 fully saturated rings. The summed E-state index contributed by atoms with van der Waals surface area (Å²) in [5.74, 6) is 0.529. The molecule has 6 heteroatoms. The van der Waals surface area contributed by atoms with Gasteiger partial charge in [-0.2, -0.15) is 0 Å². The standard InChI is InChI=1S/C19H16FNO4/c1-23-17-8-2-13(3-9-17)10-19(22)24-12-16-11-18(25-21-16)14-4-6-15(20)7-5-14/h2-9,11H,10,12H2,1H3. The molecular weight excluding hydrogens is 325 g/mol. The quantitative estimate of drug-likeness (QED) is 0.639. The van der Waals surface area contributed by atoms with Crippen LogP contribution in [0.5, 0.6) is 5.75 Å². The number of methoxy groups -OCH3 is 1. The van der Waals surface area contributed by atoms with Gasteiger partial charge in [-0.25, -0.2) is 4.39 Å². The lowest BCUT2D eigenvalue weighted by molar-refractivity contribution is -0.144. The van der Waals surface area contributed by atoms with Crippen LogP contribution in [0.3, 0.4) is 0 Å². The molecule has 3 aromatic rings. The summed E-state index contributed by atoms with van der Waals surface area (Å²) in [5.41, 5.74) is 2.02. The molecule has 0 N–H and O–H groups in total. The van der Waals surface area contributed by atoms with Crippen molar-refractivity contribution in [2.45, 2.75) is 13.0 Å². The predicted molar refractivity (Wildman–Crippen MR) is 88.4 cm³/mol. The fourth-order valence-electron chi connectivity index (χ4n) is 2.25. The first-order valence-corrected chi connectivity index (χ1v) is 7.64. The SMILES string of the molecule is COc1ccc(CC(=O)OCc2cc(-c3ccc(F)cc3)on2)cc1. The number of ether oxygens (including phenoxy) is 2. The molecule has 0 amide bonds. The fourth-order valence-corrected chi connectivity index (χ4v) is 2.25. The van der Waals surface area contributed by atoms with Crippen molar-refractivity contribution >= 4 is 5.97 Å². The number of carbonyl (C=O) groups is 1. The van der Waals surface area contributed by atoms with Crippen molar-refractivity contribution in [3.05, 3.63) is 71.7 Å². The summed E-state index contributed by atoms with van der Waals surface area (Å²) in [6.07, 6.45) is 0.159. The fraction of sp³-hybridized carbons (Fsp3) is 0.158. The van der Waals surface area contributed by atoms with Gasteiger partial charge in [-0.1, -0.05) is 17.3 Å². The highest BCUT2D eigenvalue weighted by Gasteiger charge is 2.10. The van der Waals surface area contributed by atoms with Gasteiger partial charge in [-0.05, 0) is 42.0 Å². The van der Waals surface area contributed by atoms with E-state index in [2.05, 4.69) is 5.16 Å². The third-order valence-corrected chi connectivity index (χ3v) is 3.58. The zero-order valence-corrected chi connectivity index (χ0v) is 13.6. The Balaban J connectivity index is 1.54. The van der Waals surface area contributed by atoms with Gasteiger partial charge in [-0.15, -0.1) is 0 Å². The summed E-state index contributed by atoms with van der Waals surface area (Å²) in [6.45, 7) is 0.0136. The van der Waals surface area contributed by atoms with Crippen LogP contribution in [0.4, 0.5) is 4.39 Å². The minimum Gasteiger partial charge on any atom is -0.497 e. The smallest absolute Gasteiger partial charge is 0.310 e. The van der Waals surface area contributed by atoms with E-state index >= 15 is 0 Å². The van der Waals surface area contributed by atoms with E-state index in [1.165, 1.54) is 12.1 Å².